The highest BCUT2D eigenvalue weighted by atomic mass is 16.5. The standard InChI is InChI=1S/C19H20N2O3/c1-13-12-21(17-6-4-3-5-16(17)20-19(13)23)18(22)11-14-7-9-15(24-2)10-8-14/h3-10,13H,11-12H2,1-2H3,(H,20,23)/t13-/m0/s1. The smallest absolute Gasteiger partial charge is 0.231 e. The van der Waals surface area contributed by atoms with E-state index in [1.807, 2.05) is 55.5 Å². The van der Waals surface area contributed by atoms with Crippen LogP contribution in [0, 0.1) is 5.92 Å². The van der Waals surface area contributed by atoms with Gasteiger partial charge in [0.1, 0.15) is 5.75 Å². The second-order valence-corrected chi connectivity index (χ2v) is 5.94. The zero-order valence-electron chi connectivity index (χ0n) is 13.8. The van der Waals surface area contributed by atoms with E-state index in [1.54, 1.807) is 12.0 Å². The van der Waals surface area contributed by atoms with Crippen LogP contribution in [0.3, 0.4) is 0 Å². The highest BCUT2D eigenvalue weighted by Crippen LogP contribution is 2.30. The van der Waals surface area contributed by atoms with Crippen molar-refractivity contribution in [3.05, 3.63) is 54.1 Å². The number of carbonyl (C=O) groups excluding carboxylic acids is 2. The fourth-order valence-electron chi connectivity index (χ4n) is 2.78. The maximum Gasteiger partial charge on any atom is 0.231 e. The summed E-state index contributed by atoms with van der Waals surface area (Å²) in [4.78, 5) is 26.7. The second kappa shape index (κ2) is 6.74. The van der Waals surface area contributed by atoms with Gasteiger partial charge in [0.25, 0.3) is 0 Å². The molecule has 5 heteroatoms. The van der Waals surface area contributed by atoms with Crippen LogP contribution in [0.25, 0.3) is 0 Å². The maximum atomic E-state index is 12.8. The van der Waals surface area contributed by atoms with Gasteiger partial charge >= 0.3 is 0 Å². The van der Waals surface area contributed by atoms with Crippen LogP contribution >= 0.6 is 0 Å². The third-order valence-electron chi connectivity index (χ3n) is 4.17. The number of hydrogen-bond donors (Lipinski definition) is 1. The first-order valence-corrected chi connectivity index (χ1v) is 7.91. The molecule has 1 aliphatic heterocycles. The molecule has 24 heavy (non-hydrogen) atoms. The molecule has 124 valence electrons. The minimum absolute atomic E-state index is 0.0315. The van der Waals surface area contributed by atoms with Crippen LogP contribution in [0.15, 0.2) is 48.5 Å². The molecular weight excluding hydrogens is 304 g/mol. The summed E-state index contributed by atoms with van der Waals surface area (Å²) in [6, 6.07) is 14.8. The number of ether oxygens (including phenoxy) is 1. The fraction of sp³-hybridized carbons (Fsp3) is 0.263. The number of rotatable bonds is 3. The van der Waals surface area contributed by atoms with Gasteiger partial charge in [-0.05, 0) is 29.8 Å². The predicted octanol–water partition coefficient (Wildman–Crippen LogP) is 2.86. The number of anilines is 2. The first-order chi connectivity index (χ1) is 11.6. The van der Waals surface area contributed by atoms with E-state index in [2.05, 4.69) is 5.32 Å². The summed E-state index contributed by atoms with van der Waals surface area (Å²) < 4.78 is 5.14. The van der Waals surface area contributed by atoms with Gasteiger partial charge in [0, 0.05) is 6.54 Å². The van der Waals surface area contributed by atoms with Gasteiger partial charge in [-0.15, -0.1) is 0 Å². The number of nitrogens with zero attached hydrogens (tertiary/aromatic N) is 1. The average Bonchev–Trinajstić information content (AvgIpc) is 2.72. The minimum Gasteiger partial charge on any atom is -0.497 e. The number of para-hydroxylation sites is 2. The quantitative estimate of drug-likeness (QED) is 0.944. The van der Waals surface area contributed by atoms with Crippen LogP contribution in [0.2, 0.25) is 0 Å². The molecule has 0 saturated heterocycles. The van der Waals surface area contributed by atoms with Crippen LogP contribution in [-0.4, -0.2) is 25.5 Å². The molecule has 0 aliphatic carbocycles. The molecule has 1 N–H and O–H groups in total. The van der Waals surface area contributed by atoms with Crippen molar-refractivity contribution in [3.8, 4) is 5.75 Å². The summed E-state index contributed by atoms with van der Waals surface area (Å²) in [5, 5.41) is 2.89. The maximum absolute atomic E-state index is 12.8. The first-order valence-electron chi connectivity index (χ1n) is 7.91. The van der Waals surface area contributed by atoms with Crippen molar-refractivity contribution in [2.24, 2.45) is 5.92 Å². The fourth-order valence-corrected chi connectivity index (χ4v) is 2.78. The Morgan fingerprint density at radius 2 is 1.92 bits per heavy atom. The Morgan fingerprint density at radius 1 is 1.21 bits per heavy atom. The molecule has 1 atom stereocenters. The van der Waals surface area contributed by atoms with E-state index in [-0.39, 0.29) is 24.2 Å². The van der Waals surface area contributed by atoms with E-state index >= 15 is 0 Å². The zero-order chi connectivity index (χ0) is 17.1. The molecule has 0 radical (unpaired) electrons. The van der Waals surface area contributed by atoms with Gasteiger partial charge < -0.3 is 15.0 Å². The Hall–Kier alpha value is -2.82. The second-order valence-electron chi connectivity index (χ2n) is 5.94. The Kier molecular flexibility index (Phi) is 4.51. The lowest BCUT2D eigenvalue weighted by Crippen LogP contribution is -2.36. The van der Waals surface area contributed by atoms with E-state index in [0.717, 1.165) is 17.0 Å². The van der Waals surface area contributed by atoms with Crippen molar-refractivity contribution in [2.75, 3.05) is 23.9 Å². The molecule has 1 heterocycles. The molecule has 0 fully saturated rings. The van der Waals surface area contributed by atoms with E-state index in [0.29, 0.717) is 12.2 Å². The summed E-state index contributed by atoms with van der Waals surface area (Å²) in [6.07, 6.45) is 0.277. The number of nitrogens with one attached hydrogen (secondary N) is 1. The molecule has 1 aliphatic rings. The predicted molar refractivity (Wildman–Crippen MR) is 93.3 cm³/mol. The summed E-state index contributed by atoms with van der Waals surface area (Å²) >= 11 is 0. The Morgan fingerprint density at radius 3 is 2.62 bits per heavy atom. The van der Waals surface area contributed by atoms with Crippen molar-refractivity contribution in [1.29, 1.82) is 0 Å². The molecule has 2 aromatic carbocycles. The van der Waals surface area contributed by atoms with E-state index < -0.39 is 0 Å². The zero-order valence-corrected chi connectivity index (χ0v) is 13.8. The van der Waals surface area contributed by atoms with Crippen LogP contribution < -0.4 is 15.0 Å². The minimum atomic E-state index is -0.266. The van der Waals surface area contributed by atoms with Gasteiger partial charge in [0.2, 0.25) is 11.8 Å². The summed E-state index contributed by atoms with van der Waals surface area (Å²) in [5.41, 5.74) is 2.33. The Labute approximate surface area is 141 Å². The van der Waals surface area contributed by atoms with Crippen molar-refractivity contribution < 1.29 is 14.3 Å². The topological polar surface area (TPSA) is 58.6 Å². The molecule has 5 nitrogen and oxygen atoms in total. The van der Waals surface area contributed by atoms with Crippen LogP contribution in [0.4, 0.5) is 11.4 Å². The normalized spacial score (nSPS) is 16.8. The highest BCUT2D eigenvalue weighted by molar-refractivity contribution is 6.04. The van der Waals surface area contributed by atoms with Crippen LogP contribution in [0.5, 0.6) is 5.75 Å². The number of carbonyl (C=O) groups is 2. The molecule has 2 aromatic rings. The highest BCUT2D eigenvalue weighted by Gasteiger charge is 2.28. The SMILES string of the molecule is COc1ccc(CC(=O)N2C[C@H](C)C(=O)Nc3ccccc32)cc1. The first kappa shape index (κ1) is 16.1. The molecule has 0 aromatic heterocycles. The molecule has 0 saturated carbocycles. The Bertz CT molecular complexity index is 755. The van der Waals surface area contributed by atoms with Crippen molar-refractivity contribution in [3.63, 3.8) is 0 Å². The molecule has 3 rings (SSSR count). The van der Waals surface area contributed by atoms with Crippen molar-refractivity contribution in [2.45, 2.75) is 13.3 Å². The summed E-state index contributed by atoms with van der Waals surface area (Å²) in [5.74, 6) is 0.394. The molecule has 2 amide bonds. The lowest BCUT2D eigenvalue weighted by molar-refractivity contribution is -0.119. The Balaban J connectivity index is 1.85. The van der Waals surface area contributed by atoms with Gasteiger partial charge in [0.05, 0.1) is 30.8 Å². The third-order valence-corrected chi connectivity index (χ3v) is 4.17. The van der Waals surface area contributed by atoms with Gasteiger partial charge in [-0.2, -0.15) is 0 Å². The van der Waals surface area contributed by atoms with Crippen molar-refractivity contribution in [1.82, 2.24) is 0 Å². The van der Waals surface area contributed by atoms with E-state index in [1.165, 1.54) is 0 Å². The molecular formula is C19H20N2O3. The van der Waals surface area contributed by atoms with Crippen LogP contribution in [0.1, 0.15) is 12.5 Å². The number of amides is 2. The molecule has 0 bridgehead atoms. The molecule has 0 unspecified atom stereocenters. The van der Waals surface area contributed by atoms with Crippen LogP contribution in [-0.2, 0) is 16.0 Å². The van der Waals surface area contributed by atoms with E-state index in [9.17, 15) is 9.59 Å². The average molecular weight is 324 g/mol. The lowest BCUT2D eigenvalue weighted by atomic mass is 10.1. The van der Waals surface area contributed by atoms with Gasteiger partial charge in [-0.1, -0.05) is 31.2 Å². The number of fused-ring (bicyclic) bond motifs is 1. The van der Waals surface area contributed by atoms with Gasteiger partial charge in [0.15, 0.2) is 0 Å². The van der Waals surface area contributed by atoms with Gasteiger partial charge in [-0.25, -0.2) is 0 Å². The number of hydrogen-bond acceptors (Lipinski definition) is 3. The molecule has 0 spiro atoms. The largest absolute Gasteiger partial charge is 0.497 e. The summed E-state index contributed by atoms with van der Waals surface area (Å²) in [6.45, 7) is 2.20. The van der Waals surface area contributed by atoms with Gasteiger partial charge in [-0.3, -0.25) is 9.59 Å². The van der Waals surface area contributed by atoms with Crippen molar-refractivity contribution >= 4 is 23.2 Å². The number of benzene rings is 2. The third kappa shape index (κ3) is 3.25. The number of methoxy groups -OCH3 is 1. The summed E-state index contributed by atoms with van der Waals surface area (Å²) in [7, 11) is 1.61. The lowest BCUT2D eigenvalue weighted by Gasteiger charge is -2.23. The monoisotopic (exact) mass is 324 g/mol. The van der Waals surface area contributed by atoms with E-state index in [4.69, 9.17) is 4.74 Å².